The predicted molar refractivity (Wildman–Crippen MR) is 120 cm³/mol. The quantitative estimate of drug-likeness (QED) is 0.535. The summed E-state index contributed by atoms with van der Waals surface area (Å²) in [6.45, 7) is 4.39. The van der Waals surface area contributed by atoms with Crippen LogP contribution < -0.4 is 9.47 Å². The fourth-order valence-corrected chi connectivity index (χ4v) is 5.28. The van der Waals surface area contributed by atoms with Gasteiger partial charge in [0.25, 0.3) is 0 Å². The molecule has 2 fully saturated rings. The highest BCUT2D eigenvalue weighted by molar-refractivity contribution is 7.09. The van der Waals surface area contributed by atoms with Gasteiger partial charge in [-0.2, -0.15) is 0 Å². The topological polar surface area (TPSA) is 60.9 Å². The Bertz CT molecular complexity index is 1040. The van der Waals surface area contributed by atoms with Gasteiger partial charge in [-0.3, -0.25) is 0 Å². The van der Waals surface area contributed by atoms with E-state index in [0.29, 0.717) is 18.4 Å². The molecule has 2 heterocycles. The first-order chi connectivity index (χ1) is 15.2. The largest absolute Gasteiger partial charge is 0.494 e. The van der Waals surface area contributed by atoms with Crippen molar-refractivity contribution in [3.05, 3.63) is 53.0 Å². The predicted octanol–water partition coefficient (Wildman–Crippen LogP) is 5.12. The normalized spacial score (nSPS) is 22.5. The summed E-state index contributed by atoms with van der Waals surface area (Å²) in [5, 5.41) is 5.00. The second kappa shape index (κ2) is 8.75. The Balaban J connectivity index is 1.15. The highest BCUT2D eigenvalue weighted by Crippen LogP contribution is 2.40. The highest BCUT2D eigenvalue weighted by Gasteiger charge is 2.43. The molecule has 1 amide bonds. The van der Waals surface area contributed by atoms with Crippen molar-refractivity contribution in [2.45, 2.75) is 32.5 Å². The van der Waals surface area contributed by atoms with Crippen molar-refractivity contribution in [2.75, 3.05) is 19.7 Å². The van der Waals surface area contributed by atoms with Crippen LogP contribution in [0.15, 0.2) is 48.0 Å². The molecule has 0 bridgehead atoms. The molecule has 1 aliphatic carbocycles. The molecule has 0 spiro atoms. The molecule has 1 aliphatic heterocycles. The standard InChI is InChI=1S/C24H26N2O4S/c1-2-28-20-5-3-16-4-6-21(10-17(16)9-20)30-22-11-18-13-26(14-19(18)12-22)24(27)29-15-23-25-7-8-31-23/h3-10,18-19,22H,2,11-15H2,1H3/t18-,19+,22-. The van der Waals surface area contributed by atoms with Crippen LogP contribution in [0, 0.1) is 11.8 Å². The molecule has 1 saturated carbocycles. The maximum absolute atomic E-state index is 12.4. The van der Waals surface area contributed by atoms with Crippen LogP contribution >= 0.6 is 11.3 Å². The number of aromatic nitrogens is 1. The van der Waals surface area contributed by atoms with Crippen LogP contribution in [0.4, 0.5) is 4.79 Å². The lowest BCUT2D eigenvalue weighted by Crippen LogP contribution is -2.31. The van der Waals surface area contributed by atoms with Crippen molar-refractivity contribution < 1.29 is 19.0 Å². The van der Waals surface area contributed by atoms with Crippen LogP contribution in [0.3, 0.4) is 0 Å². The number of likely N-dealkylation sites (tertiary alicyclic amines) is 1. The van der Waals surface area contributed by atoms with Gasteiger partial charge >= 0.3 is 6.09 Å². The molecule has 3 atom stereocenters. The summed E-state index contributed by atoms with van der Waals surface area (Å²) in [6, 6.07) is 12.4. The molecule has 31 heavy (non-hydrogen) atoms. The van der Waals surface area contributed by atoms with Crippen LogP contribution in [-0.2, 0) is 11.3 Å². The molecule has 6 nitrogen and oxygen atoms in total. The monoisotopic (exact) mass is 438 g/mol. The molecule has 0 N–H and O–H groups in total. The number of benzene rings is 2. The molecule has 162 valence electrons. The van der Waals surface area contributed by atoms with Gasteiger partial charge in [0.1, 0.15) is 23.1 Å². The number of amides is 1. The van der Waals surface area contributed by atoms with Crippen molar-refractivity contribution in [3.63, 3.8) is 0 Å². The zero-order chi connectivity index (χ0) is 21.2. The fourth-order valence-electron chi connectivity index (χ4n) is 4.75. The fraction of sp³-hybridized carbons (Fsp3) is 0.417. The Morgan fingerprint density at radius 1 is 1.10 bits per heavy atom. The summed E-state index contributed by atoms with van der Waals surface area (Å²) in [5.74, 6) is 2.72. The van der Waals surface area contributed by atoms with E-state index in [-0.39, 0.29) is 18.8 Å². The molecular weight excluding hydrogens is 412 g/mol. The Hall–Kier alpha value is -2.80. The van der Waals surface area contributed by atoms with E-state index in [1.807, 2.05) is 29.3 Å². The molecule has 3 aromatic rings. The van der Waals surface area contributed by atoms with E-state index in [2.05, 4.69) is 29.2 Å². The Kier molecular flexibility index (Phi) is 5.68. The van der Waals surface area contributed by atoms with E-state index < -0.39 is 0 Å². The van der Waals surface area contributed by atoms with Crippen LogP contribution in [-0.4, -0.2) is 41.8 Å². The number of thiazole rings is 1. The van der Waals surface area contributed by atoms with Gasteiger partial charge < -0.3 is 19.1 Å². The van der Waals surface area contributed by atoms with Crippen LogP contribution in [0.1, 0.15) is 24.8 Å². The first-order valence-corrected chi connectivity index (χ1v) is 11.7. The van der Waals surface area contributed by atoms with E-state index in [9.17, 15) is 4.79 Å². The van der Waals surface area contributed by atoms with Gasteiger partial charge in [-0.25, -0.2) is 9.78 Å². The van der Waals surface area contributed by atoms with Crippen molar-refractivity contribution in [1.82, 2.24) is 9.88 Å². The van der Waals surface area contributed by atoms with Crippen molar-refractivity contribution >= 4 is 28.2 Å². The van der Waals surface area contributed by atoms with E-state index in [4.69, 9.17) is 14.2 Å². The first-order valence-electron chi connectivity index (χ1n) is 10.8. The van der Waals surface area contributed by atoms with Gasteiger partial charge in [0.2, 0.25) is 0 Å². The van der Waals surface area contributed by atoms with Crippen LogP contribution in [0.2, 0.25) is 0 Å². The maximum Gasteiger partial charge on any atom is 0.410 e. The number of carbonyl (C=O) groups is 1. The molecule has 7 heteroatoms. The van der Waals surface area contributed by atoms with Gasteiger partial charge in [-0.1, -0.05) is 12.1 Å². The van der Waals surface area contributed by atoms with Gasteiger partial charge in [0.05, 0.1) is 12.7 Å². The van der Waals surface area contributed by atoms with Gasteiger partial charge in [-0.15, -0.1) is 11.3 Å². The van der Waals surface area contributed by atoms with Gasteiger partial charge in [0, 0.05) is 24.7 Å². The lowest BCUT2D eigenvalue weighted by atomic mass is 10.0. The number of hydrogen-bond acceptors (Lipinski definition) is 6. The first kappa shape index (κ1) is 20.1. The lowest BCUT2D eigenvalue weighted by molar-refractivity contribution is 0.0985. The minimum Gasteiger partial charge on any atom is -0.494 e. The number of carbonyl (C=O) groups excluding carboxylic acids is 1. The molecule has 1 aromatic heterocycles. The smallest absolute Gasteiger partial charge is 0.410 e. The summed E-state index contributed by atoms with van der Waals surface area (Å²) in [4.78, 5) is 18.4. The maximum atomic E-state index is 12.4. The number of nitrogens with zero attached hydrogens (tertiary/aromatic N) is 2. The third-order valence-electron chi connectivity index (χ3n) is 6.17. The molecule has 0 radical (unpaired) electrons. The van der Waals surface area contributed by atoms with Crippen molar-refractivity contribution in [2.24, 2.45) is 11.8 Å². The Labute approximate surface area is 185 Å². The average molecular weight is 439 g/mol. The Morgan fingerprint density at radius 3 is 2.55 bits per heavy atom. The minimum atomic E-state index is -0.235. The summed E-state index contributed by atoms with van der Waals surface area (Å²) < 4.78 is 17.4. The van der Waals surface area contributed by atoms with Crippen molar-refractivity contribution in [1.29, 1.82) is 0 Å². The van der Waals surface area contributed by atoms with Gasteiger partial charge in [0.15, 0.2) is 0 Å². The van der Waals surface area contributed by atoms with Gasteiger partial charge in [-0.05, 0) is 66.6 Å². The summed E-state index contributed by atoms with van der Waals surface area (Å²) in [7, 11) is 0. The SMILES string of the molecule is CCOc1ccc2ccc(O[C@@H]3C[C@@H]4CN(C(=O)OCc5nccs5)C[C@@H]4C3)cc2c1. The molecule has 1 saturated heterocycles. The molecule has 0 unspecified atom stereocenters. The minimum absolute atomic E-state index is 0.191. The average Bonchev–Trinajstić information content (AvgIpc) is 3.49. The molecule has 2 aliphatic rings. The number of rotatable bonds is 6. The molecule has 5 rings (SSSR count). The second-order valence-electron chi connectivity index (χ2n) is 8.22. The number of fused-ring (bicyclic) bond motifs is 2. The van der Waals surface area contributed by atoms with E-state index in [1.165, 1.54) is 16.7 Å². The zero-order valence-electron chi connectivity index (χ0n) is 17.5. The summed E-state index contributed by atoms with van der Waals surface area (Å²) in [5.41, 5.74) is 0. The lowest BCUT2D eigenvalue weighted by Gasteiger charge is -2.20. The Morgan fingerprint density at radius 2 is 1.84 bits per heavy atom. The van der Waals surface area contributed by atoms with E-state index in [0.717, 1.165) is 47.8 Å². The van der Waals surface area contributed by atoms with E-state index in [1.54, 1.807) is 6.20 Å². The number of ether oxygens (including phenoxy) is 3. The number of hydrogen-bond donors (Lipinski definition) is 0. The third-order valence-corrected chi connectivity index (χ3v) is 6.92. The summed E-state index contributed by atoms with van der Waals surface area (Å²) >= 11 is 1.50. The zero-order valence-corrected chi connectivity index (χ0v) is 18.3. The molecular formula is C24H26N2O4S. The highest BCUT2D eigenvalue weighted by atomic mass is 32.1. The van der Waals surface area contributed by atoms with E-state index >= 15 is 0 Å². The second-order valence-corrected chi connectivity index (χ2v) is 9.20. The molecule has 2 aromatic carbocycles. The third kappa shape index (κ3) is 4.46. The van der Waals surface area contributed by atoms with Crippen LogP contribution in [0.5, 0.6) is 11.5 Å². The van der Waals surface area contributed by atoms with Crippen LogP contribution in [0.25, 0.3) is 10.8 Å². The summed E-state index contributed by atoms with van der Waals surface area (Å²) in [6.07, 6.45) is 3.62. The van der Waals surface area contributed by atoms with Crippen molar-refractivity contribution in [3.8, 4) is 11.5 Å².